The summed E-state index contributed by atoms with van der Waals surface area (Å²) in [4.78, 5) is 24.0. The highest BCUT2D eigenvalue weighted by atomic mass is 35.5. The molecule has 142 valence electrons. The number of benzene rings is 1. The van der Waals surface area contributed by atoms with Gasteiger partial charge in [-0.05, 0) is 50.1 Å². The van der Waals surface area contributed by atoms with Gasteiger partial charge in [0.1, 0.15) is 11.5 Å². The van der Waals surface area contributed by atoms with E-state index in [0.717, 1.165) is 21.3 Å². The number of anilines is 1. The SMILES string of the molecule is Cc1cc(C(=O)N(Cc2cccnc2)c2nc3c(C)ccc(Cl)c3s2)c(C)o1. The predicted molar refractivity (Wildman–Crippen MR) is 112 cm³/mol. The number of rotatable bonds is 4. The first-order valence-corrected chi connectivity index (χ1v) is 9.97. The number of fused-ring (bicyclic) bond motifs is 1. The zero-order chi connectivity index (χ0) is 19.8. The number of aromatic nitrogens is 2. The molecule has 0 radical (unpaired) electrons. The van der Waals surface area contributed by atoms with Gasteiger partial charge in [-0.25, -0.2) is 4.98 Å². The van der Waals surface area contributed by atoms with Gasteiger partial charge in [0.15, 0.2) is 5.13 Å². The highest BCUT2D eigenvalue weighted by Gasteiger charge is 2.25. The van der Waals surface area contributed by atoms with Crippen LogP contribution in [0.2, 0.25) is 5.02 Å². The minimum atomic E-state index is -0.161. The van der Waals surface area contributed by atoms with Crippen LogP contribution >= 0.6 is 22.9 Å². The highest BCUT2D eigenvalue weighted by molar-refractivity contribution is 7.23. The Hall–Kier alpha value is -2.70. The molecule has 0 saturated carbocycles. The van der Waals surface area contributed by atoms with Crippen LogP contribution in [0.25, 0.3) is 10.2 Å². The van der Waals surface area contributed by atoms with Crippen molar-refractivity contribution in [2.45, 2.75) is 27.3 Å². The van der Waals surface area contributed by atoms with Gasteiger partial charge in [-0.2, -0.15) is 0 Å². The minimum absolute atomic E-state index is 0.161. The van der Waals surface area contributed by atoms with Crippen LogP contribution in [0.4, 0.5) is 5.13 Å². The zero-order valence-corrected chi connectivity index (χ0v) is 17.3. The van der Waals surface area contributed by atoms with Gasteiger partial charge in [0.05, 0.1) is 27.3 Å². The van der Waals surface area contributed by atoms with Crippen molar-refractivity contribution < 1.29 is 9.21 Å². The molecule has 0 spiro atoms. The Bertz CT molecular complexity index is 1130. The Morgan fingerprint density at radius 2 is 2.07 bits per heavy atom. The molecular weight excluding hydrogens is 394 g/mol. The molecule has 0 saturated heterocycles. The maximum atomic E-state index is 13.4. The number of aryl methyl sites for hydroxylation is 3. The molecule has 0 bridgehead atoms. The van der Waals surface area contributed by atoms with Gasteiger partial charge in [-0.15, -0.1) is 0 Å². The topological polar surface area (TPSA) is 59.2 Å². The fourth-order valence-electron chi connectivity index (χ4n) is 3.10. The number of hydrogen-bond donors (Lipinski definition) is 0. The molecule has 0 unspecified atom stereocenters. The molecule has 5 nitrogen and oxygen atoms in total. The smallest absolute Gasteiger partial charge is 0.263 e. The number of amides is 1. The Morgan fingerprint density at radius 3 is 2.71 bits per heavy atom. The monoisotopic (exact) mass is 411 g/mol. The third-order valence-electron chi connectivity index (χ3n) is 4.50. The van der Waals surface area contributed by atoms with Crippen LogP contribution in [0.1, 0.15) is 33.0 Å². The summed E-state index contributed by atoms with van der Waals surface area (Å²) in [6.45, 7) is 5.96. The lowest BCUT2D eigenvalue weighted by Gasteiger charge is -2.19. The van der Waals surface area contributed by atoms with Crippen molar-refractivity contribution in [3.05, 3.63) is 76.0 Å². The van der Waals surface area contributed by atoms with Crippen LogP contribution in [0.15, 0.2) is 47.1 Å². The molecule has 3 aromatic heterocycles. The Labute approximate surface area is 171 Å². The molecule has 4 aromatic rings. The standard InChI is InChI=1S/C21H18ClN3O2S/c1-12-6-7-17(22)19-18(12)24-21(28-19)25(11-15-5-4-8-23-10-15)20(26)16-9-13(2)27-14(16)3/h4-10H,11H2,1-3H3. The summed E-state index contributed by atoms with van der Waals surface area (Å²) < 4.78 is 6.45. The van der Waals surface area contributed by atoms with Gasteiger partial charge >= 0.3 is 0 Å². The Balaban J connectivity index is 1.83. The fourth-order valence-corrected chi connectivity index (χ4v) is 4.41. The largest absolute Gasteiger partial charge is 0.466 e. The van der Waals surface area contributed by atoms with Crippen molar-refractivity contribution in [1.29, 1.82) is 0 Å². The van der Waals surface area contributed by atoms with Crippen LogP contribution in [0.5, 0.6) is 0 Å². The van der Waals surface area contributed by atoms with Gasteiger partial charge in [0.2, 0.25) is 0 Å². The highest BCUT2D eigenvalue weighted by Crippen LogP contribution is 2.37. The molecule has 0 fully saturated rings. The van der Waals surface area contributed by atoms with Gasteiger partial charge in [0.25, 0.3) is 5.91 Å². The van der Waals surface area contributed by atoms with E-state index in [9.17, 15) is 4.79 Å². The summed E-state index contributed by atoms with van der Waals surface area (Å²) >= 11 is 7.79. The average Bonchev–Trinajstić information content (AvgIpc) is 3.27. The lowest BCUT2D eigenvalue weighted by atomic mass is 10.2. The molecule has 0 aliphatic carbocycles. The first kappa shape index (κ1) is 18.7. The van der Waals surface area contributed by atoms with Crippen molar-refractivity contribution in [1.82, 2.24) is 9.97 Å². The fraction of sp³-hybridized carbons (Fsp3) is 0.190. The number of carbonyl (C=O) groups excluding carboxylic acids is 1. The lowest BCUT2D eigenvalue weighted by Crippen LogP contribution is -2.30. The third-order valence-corrected chi connectivity index (χ3v) is 6.04. The molecule has 7 heteroatoms. The van der Waals surface area contributed by atoms with Crippen molar-refractivity contribution in [2.24, 2.45) is 0 Å². The first-order valence-electron chi connectivity index (χ1n) is 8.77. The minimum Gasteiger partial charge on any atom is -0.466 e. The normalized spacial score (nSPS) is 11.1. The summed E-state index contributed by atoms with van der Waals surface area (Å²) in [5, 5.41) is 1.23. The molecule has 0 aliphatic rings. The predicted octanol–water partition coefficient (Wildman–Crippen LogP) is 5.71. The van der Waals surface area contributed by atoms with E-state index in [2.05, 4.69) is 4.98 Å². The van der Waals surface area contributed by atoms with E-state index in [1.54, 1.807) is 30.3 Å². The number of thiazole rings is 1. The summed E-state index contributed by atoms with van der Waals surface area (Å²) in [6.07, 6.45) is 3.46. The maximum absolute atomic E-state index is 13.4. The number of nitrogens with zero attached hydrogens (tertiary/aromatic N) is 3. The van der Waals surface area contributed by atoms with Crippen molar-refractivity contribution in [2.75, 3.05) is 4.90 Å². The third kappa shape index (κ3) is 3.41. The molecule has 28 heavy (non-hydrogen) atoms. The molecule has 1 amide bonds. The summed E-state index contributed by atoms with van der Waals surface area (Å²) in [6, 6.07) is 9.35. The van der Waals surface area contributed by atoms with Crippen LogP contribution in [-0.2, 0) is 6.54 Å². The Morgan fingerprint density at radius 1 is 1.25 bits per heavy atom. The van der Waals surface area contributed by atoms with Crippen molar-refractivity contribution in [3.8, 4) is 0 Å². The van der Waals surface area contributed by atoms with Crippen LogP contribution in [0.3, 0.4) is 0 Å². The maximum Gasteiger partial charge on any atom is 0.263 e. The van der Waals surface area contributed by atoms with E-state index in [1.807, 2.05) is 38.1 Å². The van der Waals surface area contributed by atoms with Gasteiger partial charge in [-0.1, -0.05) is 35.1 Å². The lowest BCUT2D eigenvalue weighted by molar-refractivity contribution is 0.0983. The van der Waals surface area contributed by atoms with E-state index in [1.165, 1.54) is 11.3 Å². The van der Waals surface area contributed by atoms with Crippen LogP contribution < -0.4 is 4.90 Å². The average molecular weight is 412 g/mol. The molecule has 0 N–H and O–H groups in total. The molecule has 3 heterocycles. The van der Waals surface area contributed by atoms with Crippen LogP contribution in [0, 0.1) is 20.8 Å². The summed E-state index contributed by atoms with van der Waals surface area (Å²) in [7, 11) is 0. The van der Waals surface area contributed by atoms with Gasteiger partial charge in [0, 0.05) is 12.4 Å². The van der Waals surface area contributed by atoms with Crippen molar-refractivity contribution >= 4 is 44.2 Å². The molecule has 0 atom stereocenters. The molecule has 0 aliphatic heterocycles. The van der Waals surface area contributed by atoms with Gasteiger partial charge < -0.3 is 4.42 Å². The van der Waals surface area contributed by atoms with E-state index >= 15 is 0 Å². The number of carbonyl (C=O) groups is 1. The number of furan rings is 1. The molecule has 1 aromatic carbocycles. The summed E-state index contributed by atoms with van der Waals surface area (Å²) in [5.41, 5.74) is 3.28. The second kappa shape index (κ2) is 7.37. The van der Waals surface area contributed by atoms with E-state index in [4.69, 9.17) is 21.0 Å². The first-order chi connectivity index (χ1) is 13.4. The zero-order valence-electron chi connectivity index (χ0n) is 15.7. The number of halogens is 1. The van der Waals surface area contributed by atoms with E-state index in [0.29, 0.717) is 33.8 Å². The van der Waals surface area contributed by atoms with Gasteiger partial charge in [-0.3, -0.25) is 14.7 Å². The second-order valence-corrected chi connectivity index (χ2v) is 8.00. The molecular formula is C21H18ClN3O2S. The quantitative estimate of drug-likeness (QED) is 0.431. The summed E-state index contributed by atoms with van der Waals surface area (Å²) in [5.74, 6) is 1.13. The molecule has 4 rings (SSSR count). The van der Waals surface area contributed by atoms with Crippen LogP contribution in [-0.4, -0.2) is 15.9 Å². The Kier molecular flexibility index (Phi) is 4.91. The number of pyridine rings is 1. The van der Waals surface area contributed by atoms with E-state index in [-0.39, 0.29) is 5.91 Å². The van der Waals surface area contributed by atoms with E-state index < -0.39 is 0 Å². The second-order valence-electron chi connectivity index (χ2n) is 6.62. The number of hydrogen-bond acceptors (Lipinski definition) is 5. The van der Waals surface area contributed by atoms with Crippen molar-refractivity contribution in [3.63, 3.8) is 0 Å².